The van der Waals surface area contributed by atoms with Crippen LogP contribution < -0.4 is 19.7 Å². The third-order valence-electron chi connectivity index (χ3n) is 4.52. The van der Waals surface area contributed by atoms with E-state index in [4.69, 9.17) is 14.2 Å². The largest absolute Gasteiger partial charge is 0.486 e. The van der Waals surface area contributed by atoms with Crippen LogP contribution in [0.4, 0.5) is 11.4 Å². The van der Waals surface area contributed by atoms with E-state index in [-0.39, 0.29) is 5.57 Å². The molecule has 1 aliphatic heterocycles. The summed E-state index contributed by atoms with van der Waals surface area (Å²) in [6, 6.07) is 14.1. The molecule has 8 heteroatoms. The fourth-order valence-corrected chi connectivity index (χ4v) is 2.81. The van der Waals surface area contributed by atoms with Gasteiger partial charge in [-0.05, 0) is 42.8 Å². The lowest BCUT2D eigenvalue weighted by molar-refractivity contribution is -0.148. The number of nitrogens with zero attached hydrogens (tertiary/aromatic N) is 2. The van der Waals surface area contributed by atoms with Crippen molar-refractivity contribution in [2.75, 3.05) is 37.5 Å². The van der Waals surface area contributed by atoms with E-state index in [1.54, 1.807) is 30.3 Å². The van der Waals surface area contributed by atoms with Crippen molar-refractivity contribution in [2.24, 2.45) is 0 Å². The molecule has 1 atom stereocenters. The van der Waals surface area contributed by atoms with E-state index in [0.29, 0.717) is 36.0 Å². The number of fused-ring (bicyclic) bond motifs is 1. The average Bonchev–Trinajstić information content (AvgIpc) is 2.77. The molecule has 0 radical (unpaired) electrons. The highest BCUT2D eigenvalue weighted by Crippen LogP contribution is 2.32. The van der Waals surface area contributed by atoms with Crippen LogP contribution in [0, 0.1) is 11.3 Å². The van der Waals surface area contributed by atoms with E-state index >= 15 is 0 Å². The Balaban J connectivity index is 1.62. The molecule has 0 saturated carbocycles. The molecule has 1 N–H and O–H groups in total. The van der Waals surface area contributed by atoms with Crippen LogP contribution in [0.3, 0.4) is 0 Å². The number of benzene rings is 2. The number of anilines is 2. The second-order valence-electron chi connectivity index (χ2n) is 7.05. The highest BCUT2D eigenvalue weighted by Gasteiger charge is 2.21. The van der Waals surface area contributed by atoms with Crippen LogP contribution in [-0.4, -0.2) is 45.3 Å². The molecule has 8 nitrogen and oxygen atoms in total. The number of nitriles is 1. The highest BCUT2D eigenvalue weighted by atomic mass is 16.6. The van der Waals surface area contributed by atoms with Crippen LogP contribution in [-0.2, 0) is 14.3 Å². The maximum Gasteiger partial charge on any atom is 0.349 e. The first-order valence-corrected chi connectivity index (χ1v) is 9.68. The molecule has 2 aromatic rings. The Morgan fingerprint density at radius 2 is 1.81 bits per heavy atom. The molecule has 0 fully saturated rings. The van der Waals surface area contributed by atoms with Crippen LogP contribution in [0.5, 0.6) is 11.5 Å². The lowest BCUT2D eigenvalue weighted by Crippen LogP contribution is -2.30. The minimum absolute atomic E-state index is 0.198. The first-order chi connectivity index (χ1) is 14.9. The number of nitrogens with one attached hydrogen (secondary N) is 1. The maximum absolute atomic E-state index is 12.4. The summed E-state index contributed by atoms with van der Waals surface area (Å²) in [5, 5.41) is 12.0. The molecule has 3 rings (SSSR count). The summed E-state index contributed by atoms with van der Waals surface area (Å²) in [5.41, 5.74) is 1.95. The monoisotopic (exact) mass is 421 g/mol. The van der Waals surface area contributed by atoms with E-state index < -0.39 is 18.0 Å². The topological polar surface area (TPSA) is 101 Å². The van der Waals surface area contributed by atoms with Gasteiger partial charge in [0.25, 0.3) is 5.91 Å². The van der Waals surface area contributed by atoms with Gasteiger partial charge in [-0.1, -0.05) is 12.1 Å². The third-order valence-corrected chi connectivity index (χ3v) is 4.52. The van der Waals surface area contributed by atoms with Crippen LogP contribution in [0.15, 0.2) is 48.0 Å². The van der Waals surface area contributed by atoms with Gasteiger partial charge in [0.2, 0.25) is 0 Å². The van der Waals surface area contributed by atoms with Gasteiger partial charge in [-0.25, -0.2) is 4.79 Å². The summed E-state index contributed by atoms with van der Waals surface area (Å²) in [4.78, 5) is 26.7. The van der Waals surface area contributed by atoms with Crippen LogP contribution in [0.2, 0.25) is 0 Å². The summed E-state index contributed by atoms with van der Waals surface area (Å²) >= 11 is 0. The van der Waals surface area contributed by atoms with Gasteiger partial charge < -0.3 is 24.4 Å². The fraction of sp³-hybridized carbons (Fsp3) is 0.261. The first-order valence-electron chi connectivity index (χ1n) is 9.68. The van der Waals surface area contributed by atoms with Gasteiger partial charge in [-0.2, -0.15) is 5.26 Å². The average molecular weight is 421 g/mol. The fourth-order valence-electron chi connectivity index (χ4n) is 2.81. The van der Waals surface area contributed by atoms with E-state index in [2.05, 4.69) is 5.32 Å². The summed E-state index contributed by atoms with van der Waals surface area (Å²) in [7, 11) is 3.83. The second-order valence-corrected chi connectivity index (χ2v) is 7.05. The molecule has 160 valence electrons. The van der Waals surface area contributed by atoms with Crippen molar-refractivity contribution in [3.05, 3.63) is 53.6 Å². The molecule has 1 amide bonds. The van der Waals surface area contributed by atoms with E-state index in [1.807, 2.05) is 37.2 Å². The first kappa shape index (κ1) is 21.7. The Bertz CT molecular complexity index is 1040. The predicted molar refractivity (Wildman–Crippen MR) is 116 cm³/mol. The standard InChI is InChI=1S/C23H23N3O5/c1-15(22(27)25-18-6-9-20-21(13-18)30-11-10-29-20)31-23(28)17(14-24)12-16-4-7-19(8-5-16)26(2)3/h4-9,12-13,15H,10-11H2,1-3H3,(H,25,27)/b17-12+/t15-/m1/s1. The molecule has 0 aliphatic carbocycles. The predicted octanol–water partition coefficient (Wildman–Crippen LogP) is 3.00. The number of rotatable bonds is 6. The summed E-state index contributed by atoms with van der Waals surface area (Å²) < 4.78 is 16.1. The lowest BCUT2D eigenvalue weighted by Gasteiger charge is -2.19. The van der Waals surface area contributed by atoms with Gasteiger partial charge in [-0.15, -0.1) is 0 Å². The number of carbonyl (C=O) groups is 2. The number of esters is 1. The minimum atomic E-state index is -1.10. The number of ether oxygens (including phenoxy) is 3. The number of hydrogen-bond donors (Lipinski definition) is 1. The second kappa shape index (κ2) is 9.67. The zero-order valence-electron chi connectivity index (χ0n) is 17.5. The zero-order chi connectivity index (χ0) is 22.4. The zero-order valence-corrected chi connectivity index (χ0v) is 17.5. The van der Waals surface area contributed by atoms with Crippen molar-refractivity contribution in [3.8, 4) is 17.6 Å². The molecule has 0 bridgehead atoms. The minimum Gasteiger partial charge on any atom is -0.486 e. The molecule has 0 spiro atoms. The van der Waals surface area contributed by atoms with E-state index in [1.165, 1.54) is 13.0 Å². The molecular weight excluding hydrogens is 398 g/mol. The SMILES string of the molecule is C[C@@H](OC(=O)/C(C#N)=C/c1ccc(N(C)C)cc1)C(=O)Nc1ccc2c(c1)OCCO2. The Hall–Kier alpha value is -3.99. The van der Waals surface area contributed by atoms with Crippen molar-refractivity contribution >= 4 is 29.3 Å². The smallest absolute Gasteiger partial charge is 0.349 e. The Morgan fingerprint density at radius 3 is 2.45 bits per heavy atom. The van der Waals surface area contributed by atoms with Crippen LogP contribution in [0.25, 0.3) is 6.08 Å². The number of hydrogen-bond acceptors (Lipinski definition) is 7. The summed E-state index contributed by atoms with van der Waals surface area (Å²) in [6.07, 6.45) is 0.321. The van der Waals surface area contributed by atoms with E-state index in [9.17, 15) is 14.9 Å². The van der Waals surface area contributed by atoms with Crippen molar-refractivity contribution in [1.82, 2.24) is 0 Å². The normalized spacial score (nSPS) is 13.5. The molecular formula is C23H23N3O5. The van der Waals surface area contributed by atoms with Gasteiger partial charge in [0.05, 0.1) is 0 Å². The van der Waals surface area contributed by atoms with Gasteiger partial charge in [0.15, 0.2) is 17.6 Å². The molecule has 0 saturated heterocycles. The lowest BCUT2D eigenvalue weighted by atomic mass is 10.1. The van der Waals surface area contributed by atoms with Gasteiger partial charge in [0, 0.05) is 31.5 Å². The van der Waals surface area contributed by atoms with Crippen LogP contribution in [0.1, 0.15) is 12.5 Å². The third kappa shape index (κ3) is 5.54. The number of amides is 1. The van der Waals surface area contributed by atoms with E-state index in [0.717, 1.165) is 5.69 Å². The highest BCUT2D eigenvalue weighted by molar-refractivity contribution is 6.01. The Kier molecular flexibility index (Phi) is 6.78. The van der Waals surface area contributed by atoms with Gasteiger partial charge in [-0.3, -0.25) is 4.79 Å². The summed E-state index contributed by atoms with van der Waals surface area (Å²) in [5.74, 6) is -0.267. The summed E-state index contributed by atoms with van der Waals surface area (Å²) in [6.45, 7) is 2.34. The maximum atomic E-state index is 12.4. The number of carbonyl (C=O) groups excluding carboxylic acids is 2. The molecule has 1 aliphatic rings. The molecule has 0 aromatic heterocycles. The van der Waals surface area contributed by atoms with Crippen molar-refractivity contribution in [3.63, 3.8) is 0 Å². The van der Waals surface area contributed by atoms with Gasteiger partial charge >= 0.3 is 5.97 Å². The molecule has 31 heavy (non-hydrogen) atoms. The van der Waals surface area contributed by atoms with Crippen LogP contribution >= 0.6 is 0 Å². The molecule has 0 unspecified atom stereocenters. The van der Waals surface area contributed by atoms with Crippen molar-refractivity contribution in [1.29, 1.82) is 5.26 Å². The van der Waals surface area contributed by atoms with Gasteiger partial charge in [0.1, 0.15) is 24.9 Å². The Morgan fingerprint density at radius 1 is 1.13 bits per heavy atom. The molecule has 1 heterocycles. The van der Waals surface area contributed by atoms with Crippen molar-refractivity contribution in [2.45, 2.75) is 13.0 Å². The quantitative estimate of drug-likeness (QED) is 0.435. The Labute approximate surface area is 180 Å². The van der Waals surface area contributed by atoms with Crippen molar-refractivity contribution < 1.29 is 23.8 Å². The molecule has 2 aromatic carbocycles.